The molecule has 1 saturated heterocycles. The summed E-state index contributed by atoms with van der Waals surface area (Å²) in [6, 6.07) is 3.78. The molecular weight excluding hydrogens is 516 g/mol. The predicted octanol–water partition coefficient (Wildman–Crippen LogP) is 3.99. The number of amides is 3. The molecule has 2 aromatic rings. The third-order valence-corrected chi connectivity index (χ3v) is 7.57. The number of nitrogens with zero attached hydrogens (tertiary/aromatic N) is 2. The van der Waals surface area contributed by atoms with E-state index < -0.39 is 35.2 Å². The van der Waals surface area contributed by atoms with Gasteiger partial charge in [0.25, 0.3) is 0 Å². The highest BCUT2D eigenvalue weighted by molar-refractivity contribution is 7.13. The Morgan fingerprint density at radius 3 is 2.36 bits per heavy atom. The number of β-amino-alcohol motifs (C(OH)–C–C–N with tert-alkyl or cyclic N) is 1. The van der Waals surface area contributed by atoms with E-state index in [1.807, 2.05) is 79.1 Å². The van der Waals surface area contributed by atoms with Crippen LogP contribution in [0, 0.1) is 12.3 Å². The fraction of sp³-hybridized carbons (Fsp3) is 0.586. The standard InChI is InChI=1S/C29H42N4O5S/c1-16(21-11-10-19(24-17(2)30-15-39-24)12-23(21)38-29(7,8)9)31-26(36)22-13-20(35)14-33(22)27(37)25(28(4,5)6)32-18(3)34/h10-12,15-16,20,22,25,35H,13-14H2,1-9H3,(H,31,36)(H,32,34)/t16-,20-,22+,25-/m1/s1. The first kappa shape index (κ1) is 30.6. The van der Waals surface area contributed by atoms with Gasteiger partial charge in [-0.1, -0.05) is 32.9 Å². The summed E-state index contributed by atoms with van der Waals surface area (Å²) >= 11 is 1.56. The SMILES string of the molecule is CC(=O)N[C@H](C(=O)N1C[C@H](O)C[C@H]1C(=O)N[C@H](C)c1ccc(-c2scnc2C)cc1OC(C)(C)C)C(C)(C)C. The molecular formula is C29H42N4O5S. The Labute approximate surface area is 235 Å². The summed E-state index contributed by atoms with van der Waals surface area (Å²) in [6.07, 6.45) is -0.712. The van der Waals surface area contributed by atoms with Crippen molar-refractivity contribution >= 4 is 29.1 Å². The van der Waals surface area contributed by atoms with E-state index in [0.717, 1.165) is 21.7 Å². The Bertz CT molecular complexity index is 1210. The number of carbonyl (C=O) groups excluding carboxylic acids is 3. The van der Waals surface area contributed by atoms with Crippen LogP contribution >= 0.6 is 11.3 Å². The van der Waals surface area contributed by atoms with Crippen LogP contribution < -0.4 is 15.4 Å². The third-order valence-electron chi connectivity index (χ3n) is 6.59. The monoisotopic (exact) mass is 558 g/mol. The molecule has 0 radical (unpaired) electrons. The van der Waals surface area contributed by atoms with Crippen LogP contribution in [0.3, 0.4) is 0 Å². The summed E-state index contributed by atoms with van der Waals surface area (Å²) in [5.74, 6) is -0.436. The minimum Gasteiger partial charge on any atom is -0.488 e. The van der Waals surface area contributed by atoms with E-state index in [-0.39, 0.29) is 30.7 Å². The van der Waals surface area contributed by atoms with Crippen LogP contribution in [0.25, 0.3) is 10.4 Å². The van der Waals surface area contributed by atoms with Crippen molar-refractivity contribution in [3.05, 3.63) is 35.0 Å². The highest BCUT2D eigenvalue weighted by Gasteiger charge is 2.44. The number of likely N-dealkylation sites (tertiary alicyclic amines) is 1. The zero-order valence-corrected chi connectivity index (χ0v) is 25.2. The molecule has 10 heteroatoms. The van der Waals surface area contributed by atoms with Crippen molar-refractivity contribution in [2.45, 2.75) is 98.6 Å². The van der Waals surface area contributed by atoms with Gasteiger partial charge in [0.1, 0.15) is 23.4 Å². The molecule has 1 aliphatic heterocycles. The van der Waals surface area contributed by atoms with Gasteiger partial charge in [0, 0.05) is 25.5 Å². The van der Waals surface area contributed by atoms with Crippen molar-refractivity contribution in [3.63, 3.8) is 0 Å². The van der Waals surface area contributed by atoms with Crippen molar-refractivity contribution in [2.75, 3.05) is 6.54 Å². The number of aliphatic hydroxyl groups excluding tert-OH is 1. The lowest BCUT2D eigenvalue weighted by Crippen LogP contribution is -2.57. The zero-order valence-electron chi connectivity index (χ0n) is 24.4. The molecule has 4 atom stereocenters. The van der Waals surface area contributed by atoms with Crippen molar-refractivity contribution < 1.29 is 24.2 Å². The number of carbonyl (C=O) groups is 3. The summed E-state index contributed by atoms with van der Waals surface area (Å²) in [5.41, 5.74) is 3.48. The van der Waals surface area contributed by atoms with E-state index in [0.29, 0.717) is 5.75 Å². The first-order valence-corrected chi connectivity index (χ1v) is 14.2. The molecule has 39 heavy (non-hydrogen) atoms. The second-order valence-electron chi connectivity index (χ2n) is 12.4. The number of hydrogen-bond donors (Lipinski definition) is 3. The van der Waals surface area contributed by atoms with Crippen LogP contribution in [0.2, 0.25) is 0 Å². The van der Waals surface area contributed by atoms with Gasteiger partial charge < -0.3 is 25.4 Å². The van der Waals surface area contributed by atoms with Gasteiger partial charge in [-0.2, -0.15) is 0 Å². The van der Waals surface area contributed by atoms with Gasteiger partial charge in [-0.25, -0.2) is 4.98 Å². The molecule has 0 saturated carbocycles. The van der Waals surface area contributed by atoms with Crippen molar-refractivity contribution in [1.82, 2.24) is 20.5 Å². The molecule has 214 valence electrons. The maximum atomic E-state index is 13.5. The molecule has 3 rings (SSSR count). The van der Waals surface area contributed by atoms with Gasteiger partial charge in [-0.3, -0.25) is 14.4 Å². The fourth-order valence-electron chi connectivity index (χ4n) is 4.74. The van der Waals surface area contributed by atoms with Crippen molar-refractivity contribution in [2.24, 2.45) is 5.41 Å². The number of aromatic nitrogens is 1. The Balaban J connectivity index is 1.87. The molecule has 1 aliphatic rings. The van der Waals surface area contributed by atoms with E-state index in [1.165, 1.54) is 11.8 Å². The van der Waals surface area contributed by atoms with E-state index in [9.17, 15) is 19.5 Å². The number of aryl methyl sites for hydroxylation is 1. The van der Waals surface area contributed by atoms with Crippen molar-refractivity contribution in [1.29, 1.82) is 0 Å². The molecule has 0 unspecified atom stereocenters. The number of ether oxygens (including phenoxy) is 1. The summed E-state index contributed by atoms with van der Waals surface area (Å²) in [5, 5.41) is 16.2. The number of hydrogen-bond acceptors (Lipinski definition) is 7. The highest BCUT2D eigenvalue weighted by atomic mass is 32.1. The number of rotatable bonds is 7. The van der Waals surface area contributed by atoms with E-state index >= 15 is 0 Å². The largest absolute Gasteiger partial charge is 0.488 e. The Hall–Kier alpha value is -2.98. The molecule has 1 aromatic heterocycles. The van der Waals surface area contributed by atoms with Gasteiger partial charge in [0.05, 0.1) is 28.2 Å². The highest BCUT2D eigenvalue weighted by Crippen LogP contribution is 2.36. The van der Waals surface area contributed by atoms with Gasteiger partial charge >= 0.3 is 0 Å². The summed E-state index contributed by atoms with van der Waals surface area (Å²) in [6.45, 7) is 16.7. The number of nitrogens with one attached hydrogen (secondary N) is 2. The normalized spacial score (nSPS) is 19.4. The average molecular weight is 559 g/mol. The van der Waals surface area contributed by atoms with Gasteiger partial charge in [-0.15, -0.1) is 11.3 Å². The molecule has 3 amide bonds. The Morgan fingerprint density at radius 1 is 1.15 bits per heavy atom. The molecule has 1 fully saturated rings. The quantitative estimate of drug-likeness (QED) is 0.473. The van der Waals surface area contributed by atoms with Crippen LogP contribution in [0.5, 0.6) is 5.75 Å². The third kappa shape index (κ3) is 7.57. The fourth-order valence-corrected chi connectivity index (χ4v) is 5.54. The smallest absolute Gasteiger partial charge is 0.246 e. The van der Waals surface area contributed by atoms with E-state index in [2.05, 4.69) is 15.6 Å². The maximum Gasteiger partial charge on any atom is 0.246 e. The first-order valence-electron chi connectivity index (χ1n) is 13.3. The Kier molecular flexibility index (Phi) is 9.12. The van der Waals surface area contributed by atoms with E-state index in [4.69, 9.17) is 4.74 Å². The second-order valence-corrected chi connectivity index (χ2v) is 13.2. The lowest BCUT2D eigenvalue weighted by atomic mass is 9.85. The molecule has 3 N–H and O–H groups in total. The molecule has 1 aromatic carbocycles. The average Bonchev–Trinajstić information content (AvgIpc) is 3.40. The second kappa shape index (κ2) is 11.6. The van der Waals surface area contributed by atoms with Crippen LogP contribution in [0.15, 0.2) is 23.7 Å². The first-order chi connectivity index (χ1) is 18.0. The summed E-state index contributed by atoms with van der Waals surface area (Å²) in [4.78, 5) is 45.7. The molecule has 0 spiro atoms. The lowest BCUT2D eigenvalue weighted by molar-refractivity contribution is -0.144. The maximum absolute atomic E-state index is 13.5. The van der Waals surface area contributed by atoms with Crippen LogP contribution in [-0.4, -0.2) is 63.0 Å². The zero-order chi connectivity index (χ0) is 29.3. The van der Waals surface area contributed by atoms with Gasteiger partial charge in [0.2, 0.25) is 17.7 Å². The molecule has 2 heterocycles. The number of thiazole rings is 1. The summed E-state index contributed by atoms with van der Waals surface area (Å²) < 4.78 is 6.31. The molecule has 0 aliphatic carbocycles. The lowest BCUT2D eigenvalue weighted by Gasteiger charge is -2.35. The van der Waals surface area contributed by atoms with Crippen LogP contribution in [0.1, 0.15) is 79.1 Å². The summed E-state index contributed by atoms with van der Waals surface area (Å²) in [7, 11) is 0. The minimum absolute atomic E-state index is 0.0265. The van der Waals surface area contributed by atoms with Crippen molar-refractivity contribution in [3.8, 4) is 16.2 Å². The Morgan fingerprint density at radius 2 is 1.82 bits per heavy atom. The predicted molar refractivity (Wildman–Crippen MR) is 152 cm³/mol. The van der Waals surface area contributed by atoms with E-state index in [1.54, 1.807) is 11.3 Å². The van der Waals surface area contributed by atoms with Gasteiger partial charge in [0.15, 0.2) is 0 Å². The minimum atomic E-state index is -0.861. The van der Waals surface area contributed by atoms with Crippen LogP contribution in [-0.2, 0) is 14.4 Å². The molecule has 9 nitrogen and oxygen atoms in total. The van der Waals surface area contributed by atoms with Crippen LogP contribution in [0.4, 0.5) is 0 Å². The molecule has 0 bridgehead atoms. The number of benzene rings is 1. The topological polar surface area (TPSA) is 121 Å². The van der Waals surface area contributed by atoms with Gasteiger partial charge in [-0.05, 0) is 51.7 Å². The number of aliphatic hydroxyl groups is 1.